The number of aliphatic hydroxyl groups is 1. The topological polar surface area (TPSA) is 50.9 Å². The largest absolute Gasteiger partial charge is 0.421 e. The smallest absolute Gasteiger partial charge is 0.377 e. The molecule has 13 heavy (non-hydrogen) atoms. The van der Waals surface area contributed by atoms with Gasteiger partial charge in [-0.1, -0.05) is 0 Å². The van der Waals surface area contributed by atoms with Gasteiger partial charge in [-0.15, -0.1) is 10.2 Å². The molecular formula is C6H8F3N3O. The molecule has 4 nitrogen and oxygen atoms in total. The van der Waals surface area contributed by atoms with E-state index in [1.807, 2.05) is 0 Å². The van der Waals surface area contributed by atoms with Gasteiger partial charge in [0.25, 0.3) is 0 Å². The van der Waals surface area contributed by atoms with E-state index in [4.69, 9.17) is 5.11 Å². The van der Waals surface area contributed by atoms with E-state index in [0.29, 0.717) is 5.82 Å². The van der Waals surface area contributed by atoms with Crippen LogP contribution < -0.4 is 0 Å². The van der Waals surface area contributed by atoms with E-state index < -0.39 is 18.1 Å². The molecule has 0 fully saturated rings. The molecule has 0 aliphatic rings. The Morgan fingerprint density at radius 1 is 1.38 bits per heavy atom. The van der Waals surface area contributed by atoms with E-state index in [1.165, 1.54) is 14.0 Å². The zero-order valence-corrected chi connectivity index (χ0v) is 7.00. The summed E-state index contributed by atoms with van der Waals surface area (Å²) >= 11 is 0. The average Bonchev–Trinajstić information content (AvgIpc) is 2.30. The van der Waals surface area contributed by atoms with Crippen LogP contribution in [0.15, 0.2) is 0 Å². The monoisotopic (exact) mass is 195 g/mol. The van der Waals surface area contributed by atoms with E-state index in [9.17, 15) is 13.2 Å². The Labute approximate surface area is 72.0 Å². The van der Waals surface area contributed by atoms with Crippen molar-refractivity contribution >= 4 is 0 Å². The van der Waals surface area contributed by atoms with Crippen molar-refractivity contribution in [3.05, 3.63) is 11.6 Å². The predicted octanol–water partition coefficient (Wildman–Crippen LogP) is 0.719. The maximum Gasteiger partial charge on any atom is 0.421 e. The highest BCUT2D eigenvalue weighted by molar-refractivity contribution is 4.98. The summed E-state index contributed by atoms with van der Waals surface area (Å²) in [6.07, 6.45) is -7.27. The molecule has 0 aliphatic heterocycles. The second-order valence-corrected chi connectivity index (χ2v) is 2.61. The zero-order chi connectivity index (χ0) is 10.2. The van der Waals surface area contributed by atoms with Gasteiger partial charge in [-0.25, -0.2) is 0 Å². The number of aryl methyl sites for hydroxylation is 1. The van der Waals surface area contributed by atoms with Crippen LogP contribution in [0.1, 0.15) is 17.8 Å². The van der Waals surface area contributed by atoms with Crippen LogP contribution in [0.3, 0.4) is 0 Å². The lowest BCUT2D eigenvalue weighted by Gasteiger charge is -2.13. The van der Waals surface area contributed by atoms with Gasteiger partial charge in [0.1, 0.15) is 5.82 Å². The van der Waals surface area contributed by atoms with Crippen LogP contribution in [0.5, 0.6) is 0 Å². The second kappa shape index (κ2) is 2.99. The summed E-state index contributed by atoms with van der Waals surface area (Å²) in [5.74, 6) is -0.177. The molecule has 1 atom stereocenters. The summed E-state index contributed by atoms with van der Waals surface area (Å²) in [5.41, 5.74) is 0. The average molecular weight is 195 g/mol. The Bertz CT molecular complexity index is 307. The first-order valence-corrected chi connectivity index (χ1v) is 3.44. The normalized spacial score (nSPS) is 14.6. The van der Waals surface area contributed by atoms with Crippen molar-refractivity contribution in [1.82, 2.24) is 14.8 Å². The number of rotatable bonds is 1. The van der Waals surface area contributed by atoms with Crippen molar-refractivity contribution < 1.29 is 18.3 Å². The first-order chi connectivity index (χ1) is 5.84. The van der Waals surface area contributed by atoms with Gasteiger partial charge in [0, 0.05) is 7.05 Å². The predicted molar refractivity (Wildman–Crippen MR) is 36.8 cm³/mol. The SMILES string of the molecule is Cc1nnc([C@H](O)C(F)(F)F)n1C. The summed E-state index contributed by atoms with van der Waals surface area (Å²) in [4.78, 5) is 0. The third-order valence-corrected chi connectivity index (χ3v) is 1.68. The third kappa shape index (κ3) is 1.80. The van der Waals surface area contributed by atoms with Crippen LogP contribution in [0.2, 0.25) is 0 Å². The number of hydrogen-bond donors (Lipinski definition) is 1. The zero-order valence-electron chi connectivity index (χ0n) is 7.00. The molecule has 0 aliphatic carbocycles. The molecule has 1 rings (SSSR count). The summed E-state index contributed by atoms with van der Waals surface area (Å²) < 4.78 is 37.1. The maximum atomic E-state index is 12.0. The molecule has 7 heteroatoms. The van der Waals surface area contributed by atoms with Crippen molar-refractivity contribution in [2.75, 3.05) is 0 Å². The molecule has 0 radical (unpaired) electrons. The fraction of sp³-hybridized carbons (Fsp3) is 0.667. The van der Waals surface area contributed by atoms with E-state index in [2.05, 4.69) is 10.2 Å². The van der Waals surface area contributed by atoms with Crippen molar-refractivity contribution in [2.24, 2.45) is 7.05 Å². The quantitative estimate of drug-likeness (QED) is 0.718. The highest BCUT2D eigenvalue weighted by Crippen LogP contribution is 2.30. The number of nitrogens with zero attached hydrogens (tertiary/aromatic N) is 3. The molecule has 0 spiro atoms. The van der Waals surface area contributed by atoms with Gasteiger partial charge in [0.2, 0.25) is 6.10 Å². The first kappa shape index (κ1) is 9.97. The lowest BCUT2D eigenvalue weighted by molar-refractivity contribution is -0.209. The van der Waals surface area contributed by atoms with Crippen LogP contribution >= 0.6 is 0 Å². The summed E-state index contributed by atoms with van der Waals surface area (Å²) in [7, 11) is 1.36. The Kier molecular flexibility index (Phi) is 2.29. The van der Waals surface area contributed by atoms with Crippen molar-refractivity contribution in [1.29, 1.82) is 0 Å². The minimum Gasteiger partial charge on any atom is -0.377 e. The molecule has 0 unspecified atom stereocenters. The highest BCUT2D eigenvalue weighted by atomic mass is 19.4. The number of halogens is 3. The minimum atomic E-state index is -4.70. The standard InChI is InChI=1S/C6H8F3N3O/c1-3-10-11-5(12(3)2)4(13)6(7,8)9/h4,13H,1-2H3/t4-/m0/s1. The molecule has 1 N–H and O–H groups in total. The molecule has 74 valence electrons. The van der Waals surface area contributed by atoms with Gasteiger partial charge in [-0.05, 0) is 6.92 Å². The fourth-order valence-corrected chi connectivity index (χ4v) is 0.808. The molecule has 1 aromatic rings. The first-order valence-electron chi connectivity index (χ1n) is 3.44. The van der Waals surface area contributed by atoms with E-state index in [0.717, 1.165) is 4.57 Å². The van der Waals surface area contributed by atoms with Crippen LogP contribution in [-0.4, -0.2) is 26.0 Å². The highest BCUT2D eigenvalue weighted by Gasteiger charge is 2.42. The van der Waals surface area contributed by atoms with Gasteiger partial charge < -0.3 is 9.67 Å². The summed E-state index contributed by atoms with van der Waals surface area (Å²) in [6, 6.07) is 0. The van der Waals surface area contributed by atoms with Gasteiger partial charge in [-0.2, -0.15) is 13.2 Å². The molecular weight excluding hydrogens is 187 g/mol. The molecule has 0 saturated carbocycles. The van der Waals surface area contributed by atoms with Crippen molar-refractivity contribution in [2.45, 2.75) is 19.2 Å². The van der Waals surface area contributed by atoms with Crippen LogP contribution in [0, 0.1) is 6.92 Å². The summed E-state index contributed by atoms with van der Waals surface area (Å²) in [6.45, 7) is 1.50. The molecule has 0 aromatic carbocycles. The Hall–Kier alpha value is -1.11. The van der Waals surface area contributed by atoms with Crippen molar-refractivity contribution in [3.63, 3.8) is 0 Å². The van der Waals surface area contributed by atoms with E-state index in [-0.39, 0.29) is 0 Å². The minimum absolute atomic E-state index is 0.318. The third-order valence-electron chi connectivity index (χ3n) is 1.68. The lowest BCUT2D eigenvalue weighted by atomic mass is 10.3. The van der Waals surface area contributed by atoms with Gasteiger partial charge in [0.15, 0.2) is 5.82 Å². The Balaban J connectivity index is 3.02. The van der Waals surface area contributed by atoms with E-state index >= 15 is 0 Å². The van der Waals surface area contributed by atoms with Gasteiger partial charge >= 0.3 is 6.18 Å². The molecule has 1 heterocycles. The maximum absolute atomic E-state index is 12.0. The lowest BCUT2D eigenvalue weighted by Crippen LogP contribution is -2.23. The van der Waals surface area contributed by atoms with E-state index in [1.54, 1.807) is 0 Å². The van der Waals surface area contributed by atoms with Crippen molar-refractivity contribution in [3.8, 4) is 0 Å². The number of alkyl halides is 3. The Morgan fingerprint density at radius 2 is 1.92 bits per heavy atom. The van der Waals surface area contributed by atoms with Gasteiger partial charge in [-0.3, -0.25) is 0 Å². The number of hydrogen-bond acceptors (Lipinski definition) is 3. The molecule has 0 saturated heterocycles. The second-order valence-electron chi connectivity index (χ2n) is 2.61. The van der Waals surface area contributed by atoms with Crippen LogP contribution in [0.25, 0.3) is 0 Å². The Morgan fingerprint density at radius 3 is 2.23 bits per heavy atom. The molecule has 1 aromatic heterocycles. The van der Waals surface area contributed by atoms with Crippen LogP contribution in [-0.2, 0) is 7.05 Å². The summed E-state index contributed by atoms with van der Waals surface area (Å²) in [5, 5.41) is 15.4. The van der Waals surface area contributed by atoms with Crippen LogP contribution in [0.4, 0.5) is 13.2 Å². The molecule has 0 bridgehead atoms. The fourth-order valence-electron chi connectivity index (χ4n) is 0.808. The number of aromatic nitrogens is 3. The van der Waals surface area contributed by atoms with Gasteiger partial charge in [0.05, 0.1) is 0 Å². The number of aliphatic hydroxyl groups excluding tert-OH is 1. The molecule has 0 amide bonds.